The first-order valence-corrected chi connectivity index (χ1v) is 6.33. The minimum atomic E-state index is 0.107. The highest BCUT2D eigenvalue weighted by atomic mass is 16.5. The number of hydrogen-bond acceptors (Lipinski definition) is 2. The lowest BCUT2D eigenvalue weighted by Crippen LogP contribution is -2.33. The van der Waals surface area contributed by atoms with Crippen molar-refractivity contribution < 1.29 is 9.53 Å². The zero-order valence-corrected chi connectivity index (χ0v) is 10.3. The van der Waals surface area contributed by atoms with Gasteiger partial charge < -0.3 is 14.6 Å². The molecule has 0 saturated carbocycles. The molecule has 94 valence electrons. The zero-order valence-electron chi connectivity index (χ0n) is 10.3. The van der Waals surface area contributed by atoms with Crippen LogP contribution in [0, 0.1) is 0 Å². The van der Waals surface area contributed by atoms with E-state index in [9.17, 15) is 4.79 Å². The third-order valence-corrected chi connectivity index (χ3v) is 3.13. The molecule has 0 aromatic carbocycles. The summed E-state index contributed by atoms with van der Waals surface area (Å²) in [7, 11) is 0. The molecule has 1 aromatic heterocycles. The van der Waals surface area contributed by atoms with Crippen LogP contribution in [0.5, 0.6) is 0 Å². The van der Waals surface area contributed by atoms with Gasteiger partial charge in [0.25, 0.3) is 0 Å². The maximum Gasteiger partial charge on any atom is 0.249 e. The van der Waals surface area contributed by atoms with Crippen LogP contribution < -0.4 is 0 Å². The topological polar surface area (TPSA) is 45.3 Å². The molecular formula is C13H20N2O2. The van der Waals surface area contributed by atoms with Gasteiger partial charge in [-0.25, -0.2) is 0 Å². The van der Waals surface area contributed by atoms with E-state index >= 15 is 0 Å². The second kappa shape index (κ2) is 5.87. The molecule has 0 bridgehead atoms. The summed E-state index contributed by atoms with van der Waals surface area (Å²) >= 11 is 0. The van der Waals surface area contributed by atoms with Gasteiger partial charge in [0.2, 0.25) is 5.91 Å². The lowest BCUT2D eigenvalue weighted by Gasteiger charge is -2.23. The van der Waals surface area contributed by atoms with Crippen molar-refractivity contribution in [2.24, 2.45) is 0 Å². The Kier molecular flexibility index (Phi) is 4.20. The molecule has 0 radical (unpaired) electrons. The number of H-pyrrole nitrogens is 1. The largest absolute Gasteiger partial charge is 0.372 e. The summed E-state index contributed by atoms with van der Waals surface area (Å²) in [6.07, 6.45) is 4.97. The SMILES string of the molecule is CCCOCC(=O)N1CCCC1c1ccc[nH]1. The number of aromatic nitrogens is 1. The molecule has 1 unspecified atom stereocenters. The van der Waals surface area contributed by atoms with E-state index in [1.54, 1.807) is 0 Å². The molecule has 1 amide bonds. The number of hydrogen-bond donors (Lipinski definition) is 1. The van der Waals surface area contributed by atoms with Crippen LogP contribution in [0.15, 0.2) is 18.3 Å². The van der Waals surface area contributed by atoms with Crippen LogP contribution in [-0.2, 0) is 9.53 Å². The average Bonchev–Trinajstić information content (AvgIpc) is 2.99. The molecule has 0 spiro atoms. The fourth-order valence-corrected chi connectivity index (χ4v) is 2.33. The molecule has 4 nitrogen and oxygen atoms in total. The second-order valence-corrected chi connectivity index (χ2v) is 4.42. The highest BCUT2D eigenvalue weighted by molar-refractivity contribution is 5.78. The van der Waals surface area contributed by atoms with E-state index in [-0.39, 0.29) is 18.6 Å². The minimum absolute atomic E-state index is 0.107. The third kappa shape index (κ3) is 2.88. The molecule has 1 atom stereocenters. The van der Waals surface area contributed by atoms with Gasteiger partial charge in [0.15, 0.2) is 0 Å². The lowest BCUT2D eigenvalue weighted by molar-refractivity contribution is -0.137. The van der Waals surface area contributed by atoms with Gasteiger partial charge in [-0.05, 0) is 31.4 Å². The number of nitrogens with zero attached hydrogens (tertiary/aromatic N) is 1. The summed E-state index contributed by atoms with van der Waals surface area (Å²) in [5, 5.41) is 0. The number of aromatic amines is 1. The van der Waals surface area contributed by atoms with Crippen molar-refractivity contribution in [3.05, 3.63) is 24.0 Å². The molecule has 2 rings (SSSR count). The van der Waals surface area contributed by atoms with Crippen LogP contribution in [0.3, 0.4) is 0 Å². The summed E-state index contributed by atoms with van der Waals surface area (Å²) in [4.78, 5) is 17.1. The molecule has 4 heteroatoms. The Hall–Kier alpha value is -1.29. The van der Waals surface area contributed by atoms with Crippen LogP contribution in [0.2, 0.25) is 0 Å². The first-order valence-electron chi connectivity index (χ1n) is 6.33. The number of amides is 1. The number of carbonyl (C=O) groups is 1. The van der Waals surface area contributed by atoms with Gasteiger partial charge in [0, 0.05) is 25.0 Å². The summed E-state index contributed by atoms with van der Waals surface area (Å²) < 4.78 is 5.32. The van der Waals surface area contributed by atoms with Crippen LogP contribution in [-0.4, -0.2) is 35.5 Å². The number of carbonyl (C=O) groups excluding carboxylic acids is 1. The van der Waals surface area contributed by atoms with Gasteiger partial charge in [-0.3, -0.25) is 4.79 Å². The predicted molar refractivity (Wildman–Crippen MR) is 65.6 cm³/mol. The van der Waals surface area contributed by atoms with Crippen molar-refractivity contribution in [2.45, 2.75) is 32.2 Å². The van der Waals surface area contributed by atoms with Crippen molar-refractivity contribution in [3.63, 3.8) is 0 Å². The average molecular weight is 236 g/mol. The van der Waals surface area contributed by atoms with Crippen LogP contribution in [0.4, 0.5) is 0 Å². The van der Waals surface area contributed by atoms with Crippen molar-refractivity contribution in [3.8, 4) is 0 Å². The molecule has 0 aliphatic carbocycles. The molecule has 1 saturated heterocycles. The highest BCUT2D eigenvalue weighted by Gasteiger charge is 2.30. The van der Waals surface area contributed by atoms with Gasteiger partial charge >= 0.3 is 0 Å². The van der Waals surface area contributed by atoms with E-state index in [4.69, 9.17) is 4.74 Å². The third-order valence-electron chi connectivity index (χ3n) is 3.13. The first-order chi connectivity index (χ1) is 8.33. The number of likely N-dealkylation sites (tertiary alicyclic amines) is 1. The van der Waals surface area contributed by atoms with Gasteiger partial charge in [-0.15, -0.1) is 0 Å². The maximum absolute atomic E-state index is 12.0. The van der Waals surface area contributed by atoms with E-state index in [0.29, 0.717) is 6.61 Å². The fourth-order valence-electron chi connectivity index (χ4n) is 2.33. The molecule has 1 aliphatic heterocycles. The fraction of sp³-hybridized carbons (Fsp3) is 0.615. The van der Waals surface area contributed by atoms with E-state index < -0.39 is 0 Å². The summed E-state index contributed by atoms with van der Waals surface area (Å²) in [5.41, 5.74) is 1.13. The molecule has 1 aromatic rings. The summed E-state index contributed by atoms with van der Waals surface area (Å²) in [6.45, 7) is 3.76. The monoisotopic (exact) mass is 236 g/mol. The highest BCUT2D eigenvalue weighted by Crippen LogP contribution is 2.30. The Morgan fingerprint density at radius 1 is 1.65 bits per heavy atom. The normalized spacial score (nSPS) is 19.8. The van der Waals surface area contributed by atoms with Crippen LogP contribution >= 0.6 is 0 Å². The summed E-state index contributed by atoms with van der Waals surface area (Å²) in [6, 6.07) is 4.23. The number of nitrogens with one attached hydrogen (secondary N) is 1. The molecule has 1 aliphatic rings. The van der Waals surface area contributed by atoms with Crippen LogP contribution in [0.1, 0.15) is 37.9 Å². The Morgan fingerprint density at radius 3 is 3.24 bits per heavy atom. The Balaban J connectivity index is 1.93. The van der Waals surface area contributed by atoms with Gasteiger partial charge in [0.05, 0.1) is 6.04 Å². The van der Waals surface area contributed by atoms with Crippen molar-refractivity contribution in [1.29, 1.82) is 0 Å². The Labute approximate surface area is 102 Å². The van der Waals surface area contributed by atoms with Crippen molar-refractivity contribution in [1.82, 2.24) is 9.88 Å². The molecule has 2 heterocycles. The predicted octanol–water partition coefficient (Wildman–Crippen LogP) is 2.10. The van der Waals surface area contributed by atoms with Crippen molar-refractivity contribution in [2.75, 3.05) is 19.8 Å². The standard InChI is InChI=1S/C13H20N2O2/c1-2-9-17-10-13(16)15-8-4-6-12(15)11-5-3-7-14-11/h3,5,7,12,14H,2,4,6,8-10H2,1H3. The molecule has 1 N–H and O–H groups in total. The van der Waals surface area contributed by atoms with E-state index in [1.807, 2.05) is 30.2 Å². The number of ether oxygens (including phenoxy) is 1. The van der Waals surface area contributed by atoms with E-state index in [0.717, 1.165) is 31.5 Å². The summed E-state index contributed by atoms with van der Waals surface area (Å²) in [5.74, 6) is 0.107. The smallest absolute Gasteiger partial charge is 0.249 e. The Morgan fingerprint density at radius 2 is 2.53 bits per heavy atom. The van der Waals surface area contributed by atoms with E-state index in [1.165, 1.54) is 0 Å². The van der Waals surface area contributed by atoms with Crippen LogP contribution in [0.25, 0.3) is 0 Å². The van der Waals surface area contributed by atoms with Crippen molar-refractivity contribution >= 4 is 5.91 Å². The van der Waals surface area contributed by atoms with E-state index in [2.05, 4.69) is 4.98 Å². The Bertz CT molecular complexity index is 348. The van der Waals surface area contributed by atoms with Gasteiger partial charge in [-0.2, -0.15) is 0 Å². The quantitative estimate of drug-likeness (QED) is 0.796. The van der Waals surface area contributed by atoms with Gasteiger partial charge in [0.1, 0.15) is 6.61 Å². The minimum Gasteiger partial charge on any atom is -0.372 e. The van der Waals surface area contributed by atoms with Gasteiger partial charge in [-0.1, -0.05) is 6.92 Å². The molecule has 17 heavy (non-hydrogen) atoms. The second-order valence-electron chi connectivity index (χ2n) is 4.42. The molecule has 1 fully saturated rings. The molecular weight excluding hydrogens is 216 g/mol. The zero-order chi connectivity index (χ0) is 12.1. The lowest BCUT2D eigenvalue weighted by atomic mass is 10.1. The number of rotatable bonds is 5. The maximum atomic E-state index is 12.0. The first kappa shape index (κ1) is 12.2.